The van der Waals surface area contributed by atoms with E-state index in [0.717, 1.165) is 23.5 Å². The van der Waals surface area contributed by atoms with E-state index in [1.807, 2.05) is 44.2 Å². The monoisotopic (exact) mass is 740 g/mol. The first-order valence-electron chi connectivity index (χ1n) is 16.1. The fourth-order valence-corrected chi connectivity index (χ4v) is 7.09. The van der Waals surface area contributed by atoms with Gasteiger partial charge in [-0.25, -0.2) is 9.82 Å². The molecule has 6 rings (SSSR count). The van der Waals surface area contributed by atoms with Crippen LogP contribution < -0.4 is 20.6 Å². The third-order valence-electron chi connectivity index (χ3n) is 8.29. The predicted octanol–water partition coefficient (Wildman–Crippen LogP) is 8.27. The number of para-hydroxylation sites is 3. The van der Waals surface area contributed by atoms with Crippen molar-refractivity contribution in [2.75, 3.05) is 28.1 Å². The molecule has 1 aromatic heterocycles. The van der Waals surface area contributed by atoms with E-state index >= 15 is 0 Å². The number of benzene rings is 5. The first-order valence-corrected chi connectivity index (χ1v) is 18.4. The standard InChI is InChI=1S/C38H34Cl2N6O4S/c1-3-45(4-2)28-19-16-26(35(47)23-28)24-41-27-17-20-29(21-18-27)51(49,50)44-46-36(42-34-15-8-6-11-30(34)38(46)48)22-25-10-5-7-14-33(25)43-37-31(39)12-9-13-32(37)40/h5-21,23-24,43-44,47H,3-4,22H2,1-2H3. The minimum absolute atomic E-state index is 0.0736. The maximum Gasteiger partial charge on any atom is 0.280 e. The Morgan fingerprint density at radius 3 is 2.27 bits per heavy atom. The van der Waals surface area contributed by atoms with Gasteiger partial charge in [0.2, 0.25) is 0 Å². The van der Waals surface area contributed by atoms with Crippen molar-refractivity contribution in [2.45, 2.75) is 25.2 Å². The summed E-state index contributed by atoms with van der Waals surface area (Å²) in [5.74, 6) is 0.248. The number of phenolic OH excluding ortho intramolecular Hbond substituents is 1. The first-order chi connectivity index (χ1) is 24.6. The Labute approximate surface area is 305 Å². The highest BCUT2D eigenvalue weighted by Crippen LogP contribution is 2.34. The fraction of sp³-hybridized carbons (Fsp3) is 0.132. The number of hydrogen-bond donors (Lipinski definition) is 3. The van der Waals surface area contributed by atoms with Crippen molar-refractivity contribution in [2.24, 2.45) is 4.99 Å². The zero-order valence-electron chi connectivity index (χ0n) is 27.7. The fourth-order valence-electron chi connectivity index (χ4n) is 5.57. The normalized spacial score (nSPS) is 11.6. The molecule has 0 aliphatic rings. The molecule has 0 amide bonds. The minimum atomic E-state index is -4.27. The summed E-state index contributed by atoms with van der Waals surface area (Å²) in [5.41, 5.74) is 3.60. The van der Waals surface area contributed by atoms with Crippen LogP contribution in [0.4, 0.5) is 22.7 Å². The Morgan fingerprint density at radius 2 is 1.57 bits per heavy atom. The highest BCUT2D eigenvalue weighted by Gasteiger charge is 2.21. The van der Waals surface area contributed by atoms with Crippen LogP contribution in [0.2, 0.25) is 10.0 Å². The lowest BCUT2D eigenvalue weighted by Crippen LogP contribution is -2.36. The molecule has 0 fully saturated rings. The quantitative estimate of drug-likeness (QED) is 0.108. The molecule has 0 bridgehead atoms. The number of hydrogen-bond acceptors (Lipinski definition) is 8. The van der Waals surface area contributed by atoms with Crippen molar-refractivity contribution in [3.05, 3.63) is 147 Å². The van der Waals surface area contributed by atoms with Crippen molar-refractivity contribution in [1.29, 1.82) is 0 Å². The summed E-state index contributed by atoms with van der Waals surface area (Å²) in [6.07, 6.45) is 1.59. The molecule has 0 spiro atoms. The van der Waals surface area contributed by atoms with Crippen molar-refractivity contribution in [3.63, 3.8) is 0 Å². The summed E-state index contributed by atoms with van der Waals surface area (Å²) >= 11 is 12.8. The molecule has 6 aromatic rings. The van der Waals surface area contributed by atoms with Crippen LogP contribution in [0.1, 0.15) is 30.8 Å². The first kappa shape index (κ1) is 35.5. The van der Waals surface area contributed by atoms with E-state index in [1.165, 1.54) is 30.5 Å². The number of sulfonamides is 1. The lowest BCUT2D eigenvalue weighted by Gasteiger charge is -2.21. The summed E-state index contributed by atoms with van der Waals surface area (Å²) in [6, 6.07) is 30.5. The van der Waals surface area contributed by atoms with Crippen LogP contribution in [0.5, 0.6) is 5.75 Å². The van der Waals surface area contributed by atoms with Gasteiger partial charge in [-0.05, 0) is 86.1 Å². The van der Waals surface area contributed by atoms with Gasteiger partial charge in [-0.3, -0.25) is 9.79 Å². The van der Waals surface area contributed by atoms with Crippen molar-refractivity contribution >= 4 is 73.1 Å². The van der Waals surface area contributed by atoms with Gasteiger partial charge in [-0.15, -0.1) is 0 Å². The molecular weight excluding hydrogens is 707 g/mol. The van der Waals surface area contributed by atoms with Crippen LogP contribution in [0, 0.1) is 0 Å². The second-order valence-corrected chi connectivity index (χ2v) is 14.0. The number of fused-ring (bicyclic) bond motifs is 1. The molecule has 3 N–H and O–H groups in total. The minimum Gasteiger partial charge on any atom is -0.507 e. The summed E-state index contributed by atoms with van der Waals surface area (Å²) in [5, 5.41) is 14.9. The van der Waals surface area contributed by atoms with Gasteiger partial charge in [0, 0.05) is 48.7 Å². The number of halogens is 2. The molecule has 0 aliphatic carbocycles. The van der Waals surface area contributed by atoms with Gasteiger partial charge in [-0.2, -0.15) is 13.1 Å². The smallest absolute Gasteiger partial charge is 0.280 e. The molecule has 0 saturated carbocycles. The van der Waals surface area contributed by atoms with Crippen LogP contribution in [-0.2, 0) is 16.4 Å². The number of aliphatic imine (C=N–C) groups is 1. The van der Waals surface area contributed by atoms with E-state index in [-0.39, 0.29) is 28.3 Å². The van der Waals surface area contributed by atoms with E-state index in [0.29, 0.717) is 43.8 Å². The Hall–Kier alpha value is -5.36. The average Bonchev–Trinajstić information content (AvgIpc) is 3.12. The Kier molecular flexibility index (Phi) is 10.6. The number of nitrogens with one attached hydrogen (secondary N) is 2. The third kappa shape index (κ3) is 7.86. The largest absolute Gasteiger partial charge is 0.507 e. The van der Waals surface area contributed by atoms with Crippen molar-refractivity contribution in [1.82, 2.24) is 9.66 Å². The summed E-state index contributed by atoms with van der Waals surface area (Å²) in [7, 11) is -4.27. The van der Waals surface area contributed by atoms with Gasteiger partial charge >= 0.3 is 0 Å². The number of aromatic nitrogens is 2. The Balaban J connectivity index is 1.29. The van der Waals surface area contributed by atoms with E-state index in [1.54, 1.807) is 54.6 Å². The molecule has 0 radical (unpaired) electrons. The van der Waals surface area contributed by atoms with Crippen molar-refractivity contribution < 1.29 is 13.5 Å². The van der Waals surface area contributed by atoms with E-state index in [2.05, 4.69) is 20.0 Å². The molecule has 1 heterocycles. The lowest BCUT2D eigenvalue weighted by molar-refractivity contribution is 0.474. The van der Waals surface area contributed by atoms with Crippen LogP contribution in [0.15, 0.2) is 124 Å². The van der Waals surface area contributed by atoms with Crippen LogP contribution >= 0.6 is 23.2 Å². The Morgan fingerprint density at radius 1 is 0.882 bits per heavy atom. The zero-order chi connectivity index (χ0) is 36.1. The number of aromatic hydroxyl groups is 1. The van der Waals surface area contributed by atoms with Crippen molar-refractivity contribution in [3.8, 4) is 5.75 Å². The summed E-state index contributed by atoms with van der Waals surface area (Å²) in [6.45, 7) is 5.72. The van der Waals surface area contributed by atoms with Gasteiger partial charge in [0.25, 0.3) is 15.6 Å². The molecule has 0 aliphatic heterocycles. The maximum atomic E-state index is 13.8. The van der Waals surface area contributed by atoms with Crippen LogP contribution in [0.25, 0.3) is 10.9 Å². The van der Waals surface area contributed by atoms with E-state index in [9.17, 15) is 18.3 Å². The second-order valence-electron chi connectivity index (χ2n) is 11.5. The van der Waals surface area contributed by atoms with Crippen LogP contribution in [-0.4, -0.2) is 42.5 Å². The summed E-state index contributed by atoms with van der Waals surface area (Å²) < 4.78 is 28.4. The predicted molar refractivity (Wildman–Crippen MR) is 207 cm³/mol. The highest BCUT2D eigenvalue weighted by molar-refractivity contribution is 7.92. The molecular formula is C38H34Cl2N6O4S. The second kappa shape index (κ2) is 15.3. The highest BCUT2D eigenvalue weighted by atomic mass is 35.5. The van der Waals surface area contributed by atoms with Gasteiger partial charge in [0.1, 0.15) is 11.6 Å². The maximum absolute atomic E-state index is 13.8. The topological polar surface area (TPSA) is 129 Å². The molecule has 10 nitrogen and oxygen atoms in total. The molecule has 13 heteroatoms. The van der Waals surface area contributed by atoms with Crippen LogP contribution in [0.3, 0.4) is 0 Å². The molecule has 0 saturated heterocycles. The molecule has 260 valence electrons. The molecule has 0 unspecified atom stereocenters. The number of nitrogens with zero attached hydrogens (tertiary/aromatic N) is 4. The van der Waals surface area contributed by atoms with E-state index in [4.69, 9.17) is 28.2 Å². The lowest BCUT2D eigenvalue weighted by atomic mass is 10.1. The summed E-state index contributed by atoms with van der Waals surface area (Å²) in [4.78, 5) is 27.4. The number of anilines is 3. The zero-order valence-corrected chi connectivity index (χ0v) is 30.0. The number of rotatable bonds is 12. The molecule has 5 aromatic carbocycles. The molecule has 51 heavy (non-hydrogen) atoms. The van der Waals surface area contributed by atoms with Gasteiger partial charge in [0.05, 0.1) is 37.2 Å². The third-order valence-corrected chi connectivity index (χ3v) is 10.2. The average molecular weight is 742 g/mol. The van der Waals surface area contributed by atoms with E-state index < -0.39 is 15.6 Å². The molecule has 0 atom stereocenters. The number of phenols is 1. The van der Waals surface area contributed by atoms with Gasteiger partial charge < -0.3 is 15.3 Å². The van der Waals surface area contributed by atoms with Gasteiger partial charge in [0.15, 0.2) is 0 Å². The SMILES string of the molecule is CCN(CC)c1ccc(C=Nc2ccc(S(=O)(=O)Nn3c(Cc4ccccc4Nc4c(Cl)cccc4Cl)nc4ccccc4c3=O)cc2)c(O)c1. The Bertz CT molecular complexity index is 2390. The van der Waals surface area contributed by atoms with Gasteiger partial charge in [-0.1, -0.05) is 59.6 Å².